The number of ether oxygens (including phenoxy) is 1. The molecule has 0 radical (unpaired) electrons. The minimum atomic E-state index is -0.392. The van der Waals surface area contributed by atoms with Crippen molar-refractivity contribution in [2.45, 2.75) is 52.4 Å². The van der Waals surface area contributed by atoms with Gasteiger partial charge in [-0.15, -0.1) is 0 Å². The van der Waals surface area contributed by atoms with Crippen LogP contribution in [0.4, 0.5) is 0 Å². The van der Waals surface area contributed by atoms with Gasteiger partial charge in [0.15, 0.2) is 0 Å². The van der Waals surface area contributed by atoms with Crippen LogP contribution in [0.3, 0.4) is 0 Å². The van der Waals surface area contributed by atoms with Crippen LogP contribution >= 0.6 is 0 Å². The molecule has 0 saturated carbocycles. The molecule has 0 aromatic heterocycles. The van der Waals surface area contributed by atoms with E-state index in [-0.39, 0.29) is 6.10 Å². The van der Waals surface area contributed by atoms with E-state index in [2.05, 4.69) is 19.2 Å². The highest BCUT2D eigenvalue weighted by molar-refractivity contribution is 4.63. The fourth-order valence-corrected chi connectivity index (χ4v) is 0.844. The Morgan fingerprint density at radius 2 is 1.92 bits per heavy atom. The quantitative estimate of drug-likeness (QED) is 0.631. The van der Waals surface area contributed by atoms with Gasteiger partial charge < -0.3 is 15.2 Å². The van der Waals surface area contributed by atoms with Gasteiger partial charge >= 0.3 is 0 Å². The van der Waals surface area contributed by atoms with E-state index in [1.807, 2.05) is 13.8 Å². The van der Waals surface area contributed by atoms with Gasteiger partial charge in [-0.2, -0.15) is 0 Å². The maximum Gasteiger partial charge on any atom is 0.0897 e. The van der Waals surface area contributed by atoms with Crippen molar-refractivity contribution in [3.8, 4) is 0 Å². The fraction of sp³-hybridized carbons (Fsp3) is 1.00. The summed E-state index contributed by atoms with van der Waals surface area (Å²) in [6, 6.07) is 0.466. The molecule has 0 aliphatic heterocycles. The van der Waals surface area contributed by atoms with Crippen LogP contribution in [-0.2, 0) is 4.74 Å². The minimum Gasteiger partial charge on any atom is -0.389 e. The number of aliphatic hydroxyl groups is 1. The lowest BCUT2D eigenvalue weighted by atomic mass is 10.2. The van der Waals surface area contributed by atoms with Gasteiger partial charge in [-0.1, -0.05) is 6.92 Å². The Kier molecular flexibility index (Phi) is 7.23. The van der Waals surface area contributed by atoms with Gasteiger partial charge in [-0.25, -0.2) is 0 Å². The predicted octanol–water partition coefficient (Wildman–Crippen LogP) is 1.16. The molecular weight excluding hydrogens is 166 g/mol. The van der Waals surface area contributed by atoms with E-state index in [1.54, 1.807) is 0 Å². The first-order chi connectivity index (χ1) is 6.06. The standard InChI is InChI=1S/C10H23NO2/c1-5-9(4)11-6-10(12)7-13-8(2)3/h8-12H,5-7H2,1-4H3/t9?,10-/m0/s1. The van der Waals surface area contributed by atoms with Crippen LogP contribution in [0.25, 0.3) is 0 Å². The van der Waals surface area contributed by atoms with Crippen molar-refractivity contribution in [3.05, 3.63) is 0 Å². The third kappa shape index (κ3) is 8.22. The summed E-state index contributed by atoms with van der Waals surface area (Å²) in [4.78, 5) is 0. The summed E-state index contributed by atoms with van der Waals surface area (Å²) in [5.74, 6) is 0. The number of rotatable bonds is 7. The second-order valence-electron chi connectivity index (χ2n) is 3.75. The lowest BCUT2D eigenvalue weighted by Crippen LogP contribution is -2.36. The Bertz CT molecular complexity index is 117. The summed E-state index contributed by atoms with van der Waals surface area (Å²) >= 11 is 0. The van der Waals surface area contributed by atoms with Gasteiger partial charge in [0.1, 0.15) is 0 Å². The van der Waals surface area contributed by atoms with Crippen molar-refractivity contribution in [3.63, 3.8) is 0 Å². The van der Waals surface area contributed by atoms with Gasteiger partial charge in [0, 0.05) is 12.6 Å². The average molecular weight is 189 g/mol. The Balaban J connectivity index is 3.34. The lowest BCUT2D eigenvalue weighted by molar-refractivity contribution is 0.00560. The van der Waals surface area contributed by atoms with E-state index in [4.69, 9.17) is 4.74 Å². The predicted molar refractivity (Wildman–Crippen MR) is 54.9 cm³/mol. The first-order valence-electron chi connectivity index (χ1n) is 5.09. The molecule has 0 aromatic carbocycles. The van der Waals surface area contributed by atoms with Crippen molar-refractivity contribution >= 4 is 0 Å². The van der Waals surface area contributed by atoms with Crippen LogP contribution in [0.15, 0.2) is 0 Å². The third-order valence-corrected chi connectivity index (χ3v) is 1.94. The van der Waals surface area contributed by atoms with Crippen LogP contribution in [0, 0.1) is 0 Å². The van der Waals surface area contributed by atoms with Crippen LogP contribution in [-0.4, -0.2) is 36.5 Å². The topological polar surface area (TPSA) is 41.5 Å². The molecule has 13 heavy (non-hydrogen) atoms. The summed E-state index contributed by atoms with van der Waals surface area (Å²) in [5.41, 5.74) is 0. The SMILES string of the molecule is CCC(C)NC[C@H](O)COC(C)C. The normalized spacial score (nSPS) is 16.2. The van der Waals surface area contributed by atoms with E-state index >= 15 is 0 Å². The van der Waals surface area contributed by atoms with Gasteiger partial charge in [0.05, 0.1) is 18.8 Å². The second-order valence-corrected chi connectivity index (χ2v) is 3.75. The highest BCUT2D eigenvalue weighted by Crippen LogP contribution is 1.93. The molecule has 0 rings (SSSR count). The molecule has 0 aromatic rings. The molecule has 2 atom stereocenters. The molecule has 2 N–H and O–H groups in total. The number of aliphatic hydroxyl groups excluding tert-OH is 1. The molecule has 1 unspecified atom stereocenters. The first kappa shape index (κ1) is 12.9. The van der Waals surface area contributed by atoms with Gasteiger partial charge in [0.25, 0.3) is 0 Å². The van der Waals surface area contributed by atoms with E-state index in [0.29, 0.717) is 19.2 Å². The number of hydrogen-bond acceptors (Lipinski definition) is 3. The zero-order chi connectivity index (χ0) is 10.3. The Morgan fingerprint density at radius 3 is 2.38 bits per heavy atom. The summed E-state index contributed by atoms with van der Waals surface area (Å²) in [6.07, 6.45) is 0.882. The van der Waals surface area contributed by atoms with Crippen molar-refractivity contribution in [2.75, 3.05) is 13.2 Å². The molecule has 0 aliphatic carbocycles. The van der Waals surface area contributed by atoms with Gasteiger partial charge in [0.2, 0.25) is 0 Å². The molecular formula is C10H23NO2. The van der Waals surface area contributed by atoms with Crippen molar-refractivity contribution in [1.82, 2.24) is 5.32 Å². The van der Waals surface area contributed by atoms with E-state index < -0.39 is 6.10 Å². The largest absolute Gasteiger partial charge is 0.389 e. The minimum absolute atomic E-state index is 0.193. The van der Waals surface area contributed by atoms with Crippen molar-refractivity contribution < 1.29 is 9.84 Å². The summed E-state index contributed by atoms with van der Waals surface area (Å²) < 4.78 is 5.28. The third-order valence-electron chi connectivity index (χ3n) is 1.94. The smallest absolute Gasteiger partial charge is 0.0897 e. The van der Waals surface area contributed by atoms with Crippen molar-refractivity contribution in [1.29, 1.82) is 0 Å². The van der Waals surface area contributed by atoms with E-state index in [1.165, 1.54) is 0 Å². The molecule has 0 saturated heterocycles. The molecule has 0 spiro atoms. The number of hydrogen-bond donors (Lipinski definition) is 2. The van der Waals surface area contributed by atoms with Crippen LogP contribution in [0.2, 0.25) is 0 Å². The average Bonchev–Trinajstić information content (AvgIpc) is 2.10. The van der Waals surface area contributed by atoms with Crippen LogP contribution in [0.5, 0.6) is 0 Å². The summed E-state index contributed by atoms with van der Waals surface area (Å²) in [7, 11) is 0. The molecule has 0 aliphatic rings. The fourth-order valence-electron chi connectivity index (χ4n) is 0.844. The second kappa shape index (κ2) is 7.30. The zero-order valence-electron chi connectivity index (χ0n) is 9.21. The first-order valence-corrected chi connectivity index (χ1v) is 5.09. The van der Waals surface area contributed by atoms with Gasteiger partial charge in [-0.3, -0.25) is 0 Å². The molecule has 3 nitrogen and oxygen atoms in total. The summed E-state index contributed by atoms with van der Waals surface area (Å²) in [5, 5.41) is 12.7. The van der Waals surface area contributed by atoms with E-state index in [9.17, 15) is 5.11 Å². The Morgan fingerprint density at radius 1 is 1.31 bits per heavy atom. The molecule has 80 valence electrons. The molecule has 0 amide bonds. The van der Waals surface area contributed by atoms with Gasteiger partial charge in [-0.05, 0) is 27.2 Å². The highest BCUT2D eigenvalue weighted by Gasteiger charge is 2.06. The number of nitrogens with one attached hydrogen (secondary N) is 1. The molecule has 3 heteroatoms. The highest BCUT2D eigenvalue weighted by atomic mass is 16.5. The van der Waals surface area contributed by atoms with E-state index in [0.717, 1.165) is 6.42 Å². The zero-order valence-corrected chi connectivity index (χ0v) is 9.21. The maximum absolute atomic E-state index is 9.45. The summed E-state index contributed by atoms with van der Waals surface area (Å²) in [6.45, 7) is 9.19. The molecule has 0 bridgehead atoms. The lowest BCUT2D eigenvalue weighted by Gasteiger charge is -2.16. The van der Waals surface area contributed by atoms with Crippen molar-refractivity contribution in [2.24, 2.45) is 0 Å². The van der Waals surface area contributed by atoms with Crippen LogP contribution in [0.1, 0.15) is 34.1 Å². The maximum atomic E-state index is 9.45. The molecule has 0 heterocycles. The van der Waals surface area contributed by atoms with Crippen LogP contribution < -0.4 is 5.32 Å². The Hall–Kier alpha value is -0.120. The molecule has 0 fully saturated rings. The monoisotopic (exact) mass is 189 g/mol. The Labute approximate surface area is 81.5 Å².